The molecule has 1 saturated heterocycles. The number of thioether (sulfide) groups is 1. The molecule has 10 heteroatoms. The maximum absolute atomic E-state index is 13.2. The summed E-state index contributed by atoms with van der Waals surface area (Å²) in [4.78, 5) is 50.7. The van der Waals surface area contributed by atoms with Gasteiger partial charge in [0.1, 0.15) is 18.1 Å². The average Bonchev–Trinajstić information content (AvgIpc) is 3.36. The molecular formula is C25H38N4O5S. The molecule has 0 saturated carbocycles. The zero-order valence-electron chi connectivity index (χ0n) is 20.7. The third kappa shape index (κ3) is 9.89. The monoisotopic (exact) mass is 506 g/mol. The predicted octanol–water partition coefficient (Wildman–Crippen LogP) is 1.32. The molecule has 1 heterocycles. The molecule has 5 N–H and O–H groups in total. The van der Waals surface area contributed by atoms with Crippen LogP contribution in [0.15, 0.2) is 30.3 Å². The number of rotatable bonds is 14. The maximum Gasteiger partial charge on any atom is 0.326 e. The van der Waals surface area contributed by atoms with E-state index in [9.17, 15) is 24.3 Å². The van der Waals surface area contributed by atoms with Crippen molar-refractivity contribution in [1.29, 1.82) is 0 Å². The molecule has 35 heavy (non-hydrogen) atoms. The molecule has 0 aliphatic carbocycles. The van der Waals surface area contributed by atoms with Gasteiger partial charge in [0, 0.05) is 6.42 Å². The van der Waals surface area contributed by atoms with Gasteiger partial charge in [-0.25, -0.2) is 4.79 Å². The first-order valence-electron chi connectivity index (χ1n) is 12.1. The number of hydrogen-bond donors (Lipinski definition) is 5. The molecule has 4 unspecified atom stereocenters. The molecule has 3 amide bonds. The molecule has 194 valence electrons. The summed E-state index contributed by atoms with van der Waals surface area (Å²) >= 11 is 1.52. The van der Waals surface area contributed by atoms with Gasteiger partial charge in [-0.2, -0.15) is 11.8 Å². The van der Waals surface area contributed by atoms with Crippen LogP contribution < -0.4 is 21.3 Å². The van der Waals surface area contributed by atoms with Crippen molar-refractivity contribution in [2.24, 2.45) is 5.92 Å². The molecule has 9 nitrogen and oxygen atoms in total. The van der Waals surface area contributed by atoms with E-state index in [0.29, 0.717) is 18.6 Å². The summed E-state index contributed by atoms with van der Waals surface area (Å²) in [5.41, 5.74) is 0.783. The zero-order valence-corrected chi connectivity index (χ0v) is 21.5. The fourth-order valence-corrected chi connectivity index (χ4v) is 4.45. The van der Waals surface area contributed by atoms with Crippen molar-refractivity contribution >= 4 is 35.5 Å². The summed E-state index contributed by atoms with van der Waals surface area (Å²) < 4.78 is 0. The number of carboxylic acid groups (broad SMARTS) is 1. The fraction of sp³-hybridized carbons (Fsp3) is 0.600. The van der Waals surface area contributed by atoms with Crippen molar-refractivity contribution in [1.82, 2.24) is 21.3 Å². The minimum Gasteiger partial charge on any atom is -0.480 e. The van der Waals surface area contributed by atoms with Gasteiger partial charge in [0.2, 0.25) is 17.7 Å². The lowest BCUT2D eigenvalue weighted by atomic mass is 10.0. The van der Waals surface area contributed by atoms with E-state index < -0.39 is 35.9 Å². The normalized spacial score (nSPS) is 17.9. The first-order chi connectivity index (χ1) is 16.7. The van der Waals surface area contributed by atoms with Crippen LogP contribution in [-0.4, -0.2) is 71.5 Å². The Kier molecular flexibility index (Phi) is 12.1. The number of carbonyl (C=O) groups is 4. The standard InChI is InChI=1S/C25H38N4O5S/c1-16(2)14-20(28-22(30)18-10-7-12-26-18)24(32)27-19(11-13-35-3)23(31)29-21(25(33)34)15-17-8-5-4-6-9-17/h4-6,8-9,16,18-21,26H,7,10-15H2,1-3H3,(H,27,32)(H,28,30)(H,29,31)(H,33,34). The maximum atomic E-state index is 13.2. The van der Waals surface area contributed by atoms with E-state index in [1.807, 2.05) is 38.3 Å². The summed E-state index contributed by atoms with van der Waals surface area (Å²) in [5, 5.41) is 21.0. The van der Waals surface area contributed by atoms with Crippen LogP contribution in [0.2, 0.25) is 0 Å². The molecule has 1 aromatic rings. The second kappa shape index (κ2) is 14.7. The number of amides is 3. The molecule has 1 aromatic carbocycles. The van der Waals surface area contributed by atoms with Crippen LogP contribution in [0.5, 0.6) is 0 Å². The van der Waals surface area contributed by atoms with E-state index in [1.54, 1.807) is 12.1 Å². The fourth-order valence-electron chi connectivity index (χ4n) is 3.98. The summed E-state index contributed by atoms with van der Waals surface area (Å²) in [7, 11) is 0. The lowest BCUT2D eigenvalue weighted by Crippen LogP contribution is -2.57. The van der Waals surface area contributed by atoms with Crippen molar-refractivity contribution in [3.05, 3.63) is 35.9 Å². The summed E-state index contributed by atoms with van der Waals surface area (Å²) in [6.45, 7) is 4.68. The molecular weight excluding hydrogens is 468 g/mol. The third-order valence-corrected chi connectivity index (χ3v) is 6.50. The first-order valence-corrected chi connectivity index (χ1v) is 13.5. The quantitative estimate of drug-likeness (QED) is 0.257. The minimum atomic E-state index is -1.15. The Balaban J connectivity index is 2.09. The Morgan fingerprint density at radius 2 is 1.69 bits per heavy atom. The van der Waals surface area contributed by atoms with E-state index in [4.69, 9.17) is 0 Å². The molecule has 0 aromatic heterocycles. The Bertz CT molecular complexity index is 846. The molecule has 1 aliphatic rings. The van der Waals surface area contributed by atoms with Gasteiger partial charge in [0.05, 0.1) is 6.04 Å². The van der Waals surface area contributed by atoms with Crippen molar-refractivity contribution in [2.45, 2.75) is 70.1 Å². The number of nitrogens with one attached hydrogen (secondary N) is 4. The smallest absolute Gasteiger partial charge is 0.326 e. The van der Waals surface area contributed by atoms with Gasteiger partial charge >= 0.3 is 5.97 Å². The number of carboxylic acids is 1. The number of hydrogen-bond acceptors (Lipinski definition) is 6. The van der Waals surface area contributed by atoms with Crippen LogP contribution in [-0.2, 0) is 25.6 Å². The van der Waals surface area contributed by atoms with Crippen molar-refractivity contribution < 1.29 is 24.3 Å². The van der Waals surface area contributed by atoms with Gasteiger partial charge in [-0.3, -0.25) is 14.4 Å². The van der Waals surface area contributed by atoms with Crippen molar-refractivity contribution in [3.8, 4) is 0 Å². The van der Waals surface area contributed by atoms with E-state index in [0.717, 1.165) is 24.9 Å². The van der Waals surface area contributed by atoms with Crippen LogP contribution in [0.25, 0.3) is 0 Å². The number of benzene rings is 1. The van der Waals surface area contributed by atoms with E-state index >= 15 is 0 Å². The van der Waals surface area contributed by atoms with Crippen LogP contribution in [0.4, 0.5) is 0 Å². The van der Waals surface area contributed by atoms with Gasteiger partial charge in [-0.1, -0.05) is 44.2 Å². The molecule has 0 radical (unpaired) electrons. The van der Waals surface area contributed by atoms with Crippen LogP contribution >= 0.6 is 11.8 Å². The average molecular weight is 507 g/mol. The Hall–Kier alpha value is -2.59. The lowest BCUT2D eigenvalue weighted by Gasteiger charge is -2.26. The second-order valence-electron chi connectivity index (χ2n) is 9.27. The topological polar surface area (TPSA) is 137 Å². The Morgan fingerprint density at radius 3 is 2.26 bits per heavy atom. The van der Waals surface area contributed by atoms with E-state index in [2.05, 4.69) is 21.3 Å². The zero-order chi connectivity index (χ0) is 25.8. The Labute approximate surface area is 211 Å². The Morgan fingerprint density at radius 1 is 1.03 bits per heavy atom. The van der Waals surface area contributed by atoms with Gasteiger partial charge in [0.15, 0.2) is 0 Å². The predicted molar refractivity (Wildman–Crippen MR) is 137 cm³/mol. The summed E-state index contributed by atoms with van der Waals surface area (Å²) in [6, 6.07) is 5.91. The molecule has 2 rings (SSSR count). The van der Waals surface area contributed by atoms with E-state index in [-0.39, 0.29) is 24.3 Å². The highest BCUT2D eigenvalue weighted by molar-refractivity contribution is 7.98. The molecule has 1 fully saturated rings. The molecule has 4 atom stereocenters. The van der Waals surface area contributed by atoms with Crippen molar-refractivity contribution in [3.63, 3.8) is 0 Å². The van der Waals surface area contributed by atoms with Crippen LogP contribution in [0, 0.1) is 5.92 Å². The number of carbonyl (C=O) groups excluding carboxylic acids is 3. The molecule has 0 bridgehead atoms. The first kappa shape index (κ1) is 28.6. The summed E-state index contributed by atoms with van der Waals surface area (Å²) in [6.07, 6.45) is 4.41. The van der Waals surface area contributed by atoms with Gasteiger partial charge < -0.3 is 26.4 Å². The highest BCUT2D eigenvalue weighted by atomic mass is 32.2. The second-order valence-corrected chi connectivity index (χ2v) is 10.3. The summed E-state index contributed by atoms with van der Waals surface area (Å²) in [5.74, 6) is -1.62. The van der Waals surface area contributed by atoms with Crippen LogP contribution in [0.3, 0.4) is 0 Å². The SMILES string of the molecule is CSCCC(NC(=O)C(CC(C)C)NC(=O)C1CCCN1)C(=O)NC(Cc1ccccc1)C(=O)O. The largest absolute Gasteiger partial charge is 0.480 e. The molecule has 1 aliphatic heterocycles. The molecule has 0 spiro atoms. The van der Waals surface area contributed by atoms with Crippen LogP contribution in [0.1, 0.15) is 45.1 Å². The minimum absolute atomic E-state index is 0.130. The van der Waals surface area contributed by atoms with E-state index in [1.165, 1.54) is 11.8 Å². The van der Waals surface area contributed by atoms with Gasteiger partial charge in [-0.15, -0.1) is 0 Å². The van der Waals surface area contributed by atoms with Crippen molar-refractivity contribution in [2.75, 3.05) is 18.6 Å². The highest BCUT2D eigenvalue weighted by Gasteiger charge is 2.31. The third-order valence-electron chi connectivity index (χ3n) is 5.86. The van der Waals surface area contributed by atoms with Gasteiger partial charge in [-0.05, 0) is 55.7 Å². The number of aliphatic carboxylic acids is 1. The lowest BCUT2D eigenvalue weighted by molar-refractivity contribution is -0.142. The highest BCUT2D eigenvalue weighted by Crippen LogP contribution is 2.11. The van der Waals surface area contributed by atoms with Gasteiger partial charge in [0.25, 0.3) is 0 Å².